The molecule has 0 aromatic heterocycles. The van der Waals surface area contributed by atoms with Crippen LogP contribution in [0.3, 0.4) is 0 Å². The minimum absolute atomic E-state index is 0.0343. The Labute approximate surface area is 290 Å². The lowest BCUT2D eigenvalue weighted by atomic mass is 9.81. The van der Waals surface area contributed by atoms with Gasteiger partial charge in [-0.2, -0.15) is 0 Å². The zero-order valence-electron chi connectivity index (χ0n) is 30.3. The second kappa shape index (κ2) is 17.3. The van der Waals surface area contributed by atoms with Crippen LogP contribution in [0.2, 0.25) is 0 Å². The van der Waals surface area contributed by atoms with Crippen LogP contribution in [0, 0.1) is 23.2 Å². The number of nitrogens with one attached hydrogen (secondary N) is 3. The highest BCUT2D eigenvalue weighted by molar-refractivity contribution is 8.14. The largest absolute Gasteiger partial charge is 0.460 e. The molecule has 3 aliphatic heterocycles. The molecule has 0 aliphatic carbocycles. The number of rotatable bonds is 2. The van der Waals surface area contributed by atoms with Gasteiger partial charge in [-0.15, -0.1) is 11.8 Å². The molecule has 4 amide bonds. The molecule has 0 saturated carbocycles. The molecular weight excluding hydrogens is 634 g/mol. The molecule has 0 spiro atoms. The fourth-order valence-electron chi connectivity index (χ4n) is 6.37. The van der Waals surface area contributed by atoms with E-state index < -0.39 is 54.2 Å². The van der Waals surface area contributed by atoms with Gasteiger partial charge in [-0.1, -0.05) is 54.9 Å². The molecule has 3 rings (SSSR count). The van der Waals surface area contributed by atoms with Crippen molar-refractivity contribution in [1.82, 2.24) is 20.9 Å². The van der Waals surface area contributed by atoms with E-state index in [1.807, 2.05) is 48.5 Å². The minimum Gasteiger partial charge on any atom is -0.460 e. The Morgan fingerprint density at radius 2 is 1.62 bits per heavy atom. The van der Waals surface area contributed by atoms with Crippen molar-refractivity contribution in [2.45, 2.75) is 150 Å². The summed E-state index contributed by atoms with van der Waals surface area (Å²) >= 11 is 1.60. The van der Waals surface area contributed by atoms with Crippen molar-refractivity contribution in [3.8, 4) is 0 Å². The maximum absolute atomic E-state index is 14.0. The number of aliphatic hydroxyl groups excluding tert-OH is 1. The molecule has 3 heterocycles. The minimum atomic E-state index is -0.972. The number of aliphatic imine (C=N–C) groups is 1. The Balaban J connectivity index is 1.89. The van der Waals surface area contributed by atoms with Crippen LogP contribution in [0.4, 0.5) is 0 Å². The van der Waals surface area contributed by atoms with Crippen molar-refractivity contribution in [3.05, 3.63) is 0 Å². The maximum atomic E-state index is 14.0. The lowest BCUT2D eigenvalue weighted by Crippen LogP contribution is -2.58. The quantitative estimate of drug-likeness (QED) is 0.320. The first-order chi connectivity index (χ1) is 22.4. The number of fused-ring (bicyclic) bond motifs is 2. The predicted octanol–water partition coefficient (Wildman–Crippen LogP) is 3.20. The molecule has 0 unspecified atom stereocenters. The second-order valence-corrected chi connectivity index (χ2v) is 16.3. The smallest absolute Gasteiger partial charge is 0.329 e. The number of hydrogen-bond acceptors (Lipinski definition) is 9. The highest BCUT2D eigenvalue weighted by atomic mass is 32.2. The van der Waals surface area contributed by atoms with Crippen molar-refractivity contribution in [2.24, 2.45) is 28.2 Å². The average Bonchev–Trinajstić information content (AvgIpc) is 3.70. The number of nitrogens with zero attached hydrogens (tertiary/aromatic N) is 2. The molecule has 1 fully saturated rings. The van der Waals surface area contributed by atoms with Crippen LogP contribution in [-0.4, -0.2) is 99.4 Å². The Morgan fingerprint density at radius 1 is 0.979 bits per heavy atom. The number of cyclic esters (lactones) is 1. The molecule has 3 aliphatic rings. The molecule has 12 nitrogen and oxygen atoms in total. The lowest BCUT2D eigenvalue weighted by molar-refractivity contribution is -0.164. The van der Waals surface area contributed by atoms with Gasteiger partial charge in [0.1, 0.15) is 30.3 Å². The number of amides is 4. The Hall–Kier alpha value is -2.67. The molecule has 4 N–H and O–H groups in total. The third kappa shape index (κ3) is 10.7. The highest BCUT2D eigenvalue weighted by Gasteiger charge is 2.42. The summed E-state index contributed by atoms with van der Waals surface area (Å²) in [7, 11) is 0. The summed E-state index contributed by atoms with van der Waals surface area (Å²) in [4.78, 5) is 73.0. The van der Waals surface area contributed by atoms with Crippen LogP contribution in [0.5, 0.6) is 0 Å². The molecule has 1 saturated heterocycles. The van der Waals surface area contributed by atoms with Gasteiger partial charge in [-0.25, -0.2) is 4.79 Å². The monoisotopic (exact) mass is 693 g/mol. The Morgan fingerprint density at radius 3 is 2.27 bits per heavy atom. The molecule has 0 aromatic carbocycles. The summed E-state index contributed by atoms with van der Waals surface area (Å²) in [5.41, 5.74) is -0.381. The van der Waals surface area contributed by atoms with E-state index in [0.717, 1.165) is 10.8 Å². The molecule has 10 atom stereocenters. The number of hydrogen-bond donors (Lipinski definition) is 4. The van der Waals surface area contributed by atoms with E-state index in [4.69, 9.17) is 9.73 Å². The van der Waals surface area contributed by atoms with E-state index in [1.54, 1.807) is 18.7 Å². The highest BCUT2D eigenvalue weighted by Crippen LogP contribution is 2.34. The first-order valence-corrected chi connectivity index (χ1v) is 18.7. The number of carbonyl (C=O) groups excluding carboxylic acids is 5. The van der Waals surface area contributed by atoms with E-state index in [0.29, 0.717) is 45.1 Å². The van der Waals surface area contributed by atoms with E-state index in [-0.39, 0.29) is 47.4 Å². The van der Waals surface area contributed by atoms with E-state index in [1.165, 1.54) is 11.8 Å². The molecular formula is C35H59N5O7S. The summed E-state index contributed by atoms with van der Waals surface area (Å²) in [6.45, 7) is 17.3. The van der Waals surface area contributed by atoms with Gasteiger partial charge in [0, 0.05) is 24.6 Å². The van der Waals surface area contributed by atoms with Gasteiger partial charge in [0.15, 0.2) is 0 Å². The topological polar surface area (TPSA) is 166 Å². The SMILES string of the molecule is CC[C@H](C)[C@@H]1NC(=O)[C@H](C)NC(=O)[C@H](C)NC(=O)CC[C@H]2CSC(=N2)[C@@H](C)[C@@H](O)C[C@H](C)C[C@@H](C(C)(C)C)OC(=O)[C@@H]2CCCN2C1=O. The average molecular weight is 694 g/mol. The number of carbonyl (C=O) groups is 5. The molecule has 0 aromatic rings. The molecule has 48 heavy (non-hydrogen) atoms. The van der Waals surface area contributed by atoms with E-state index >= 15 is 0 Å². The summed E-state index contributed by atoms with van der Waals surface area (Å²) in [6.07, 6.45) is 2.35. The van der Waals surface area contributed by atoms with E-state index in [9.17, 15) is 29.1 Å². The van der Waals surface area contributed by atoms with Crippen LogP contribution in [0.25, 0.3) is 0 Å². The van der Waals surface area contributed by atoms with Crippen molar-refractivity contribution in [3.63, 3.8) is 0 Å². The van der Waals surface area contributed by atoms with Crippen LogP contribution in [0.1, 0.15) is 107 Å². The third-order valence-electron chi connectivity index (χ3n) is 10.00. The Bertz CT molecular complexity index is 1210. The van der Waals surface area contributed by atoms with Gasteiger partial charge in [0.25, 0.3) is 0 Å². The van der Waals surface area contributed by atoms with Crippen LogP contribution >= 0.6 is 11.8 Å². The zero-order chi connectivity index (χ0) is 35.9. The zero-order valence-corrected chi connectivity index (χ0v) is 31.2. The standard InChI is InChI=1S/C35H59N5O7S/c1-10-20(3)29-33(45)40-15-11-12-25(40)34(46)47-27(35(7,8)9)17-19(2)16-26(41)21(4)32-38-24(18-48-32)13-14-28(42)36-22(5)30(43)37-23(6)31(44)39-29/h19-27,29,41H,10-18H2,1-9H3,(H,36,42)(H,37,43)(H,39,44)/t19-,20-,21-,22-,23-,24-,25-,26-,27-,29-/m0/s1. The Kier molecular flexibility index (Phi) is 14.3. The molecule has 272 valence electrons. The number of thioether (sulfide) groups is 1. The second-order valence-electron chi connectivity index (χ2n) is 15.3. The fourth-order valence-corrected chi connectivity index (χ4v) is 7.62. The number of esters is 1. The van der Waals surface area contributed by atoms with Gasteiger partial charge in [0.2, 0.25) is 23.6 Å². The van der Waals surface area contributed by atoms with Crippen molar-refractivity contribution in [1.29, 1.82) is 0 Å². The van der Waals surface area contributed by atoms with Gasteiger partial charge >= 0.3 is 5.97 Å². The van der Waals surface area contributed by atoms with Gasteiger partial charge < -0.3 is 30.7 Å². The summed E-state index contributed by atoms with van der Waals surface area (Å²) in [6, 6.07) is -3.59. The van der Waals surface area contributed by atoms with Crippen LogP contribution < -0.4 is 16.0 Å². The van der Waals surface area contributed by atoms with Gasteiger partial charge in [-0.05, 0) is 63.2 Å². The van der Waals surface area contributed by atoms with Crippen molar-refractivity contribution < 1.29 is 33.8 Å². The first-order valence-electron chi connectivity index (χ1n) is 17.7. The number of aliphatic hydroxyl groups is 1. The van der Waals surface area contributed by atoms with Crippen LogP contribution in [0.15, 0.2) is 4.99 Å². The van der Waals surface area contributed by atoms with Gasteiger partial charge in [-0.3, -0.25) is 24.2 Å². The molecule has 0 radical (unpaired) electrons. The van der Waals surface area contributed by atoms with Gasteiger partial charge in [0.05, 0.1) is 17.2 Å². The normalized spacial score (nSPS) is 34.9. The van der Waals surface area contributed by atoms with Crippen LogP contribution in [-0.2, 0) is 28.7 Å². The fraction of sp³-hybridized carbons (Fsp3) is 0.829. The summed E-state index contributed by atoms with van der Waals surface area (Å²) in [5.74, 6) is -1.81. The summed E-state index contributed by atoms with van der Waals surface area (Å²) < 4.78 is 6.19. The maximum Gasteiger partial charge on any atom is 0.329 e. The summed E-state index contributed by atoms with van der Waals surface area (Å²) in [5, 5.41) is 20.3. The molecule has 13 heteroatoms. The molecule has 2 bridgehead atoms. The lowest BCUT2D eigenvalue weighted by Gasteiger charge is -2.36. The van der Waals surface area contributed by atoms with Crippen molar-refractivity contribution in [2.75, 3.05) is 12.3 Å². The van der Waals surface area contributed by atoms with E-state index in [2.05, 4.69) is 16.0 Å². The third-order valence-corrected chi connectivity index (χ3v) is 11.3. The number of ether oxygens (including phenoxy) is 1. The first kappa shape index (κ1) is 39.8. The van der Waals surface area contributed by atoms with Crippen molar-refractivity contribution >= 4 is 46.4 Å². The predicted molar refractivity (Wildman–Crippen MR) is 187 cm³/mol.